The van der Waals surface area contributed by atoms with Crippen LogP contribution in [0.3, 0.4) is 0 Å². The number of Topliss-reactive ketones (excluding diaryl/α,β-unsaturated/α-hetero) is 1. The Bertz CT molecular complexity index is 443. The molecule has 2 aliphatic rings. The van der Waals surface area contributed by atoms with Crippen molar-refractivity contribution in [3.05, 3.63) is 12.7 Å². The Kier molecular flexibility index (Phi) is 3.75. The highest BCUT2D eigenvalue weighted by molar-refractivity contribution is 6.39. The number of esters is 1. The molecule has 0 radical (unpaired) electrons. The van der Waals surface area contributed by atoms with Crippen LogP contribution in [0.4, 0.5) is 0 Å². The number of carbonyl (C=O) groups is 2. The second-order valence-electron chi connectivity index (χ2n) is 5.54. The number of methoxy groups -OCH3 is 1. The van der Waals surface area contributed by atoms with Gasteiger partial charge in [0.1, 0.15) is 6.10 Å². The smallest absolute Gasteiger partial charge is 0.378 e. The van der Waals surface area contributed by atoms with Crippen molar-refractivity contribution in [1.29, 1.82) is 0 Å². The first-order chi connectivity index (χ1) is 9.28. The van der Waals surface area contributed by atoms with E-state index in [1.807, 2.05) is 0 Å². The predicted molar refractivity (Wildman–Crippen MR) is 68.9 cm³/mol. The Morgan fingerprint density at radius 3 is 2.55 bits per heavy atom. The number of hydrogen-bond acceptors (Lipinski definition) is 6. The van der Waals surface area contributed by atoms with Crippen molar-refractivity contribution in [3.8, 4) is 0 Å². The van der Waals surface area contributed by atoms with E-state index < -0.39 is 41.3 Å². The van der Waals surface area contributed by atoms with Crippen molar-refractivity contribution >= 4 is 11.8 Å². The standard InChI is InChI=1S/C14H20O6/c1-6-8(2)14(17-5)10(15)12(16)19-11(14)9-7-18-13(3,4)20-9/h6,8-9,11H,1,7H2,2-5H3/t8?,9-,11+,14+/m0/s1. The van der Waals surface area contributed by atoms with Crippen molar-refractivity contribution in [2.24, 2.45) is 5.92 Å². The van der Waals surface area contributed by atoms with E-state index in [2.05, 4.69) is 6.58 Å². The van der Waals surface area contributed by atoms with Gasteiger partial charge in [-0.05, 0) is 13.8 Å². The van der Waals surface area contributed by atoms with Crippen LogP contribution in [-0.4, -0.2) is 49.1 Å². The average Bonchev–Trinajstić information content (AvgIpc) is 2.88. The SMILES string of the molecule is C=CC(C)[C@@]1(OC)C(=O)C(=O)O[C@@H]1[C@@H]1COC(C)(C)O1. The zero-order chi connectivity index (χ0) is 15.1. The van der Waals surface area contributed by atoms with Gasteiger partial charge in [0.15, 0.2) is 17.5 Å². The van der Waals surface area contributed by atoms with Crippen LogP contribution in [0.2, 0.25) is 0 Å². The van der Waals surface area contributed by atoms with E-state index in [0.29, 0.717) is 0 Å². The number of ether oxygens (including phenoxy) is 4. The summed E-state index contributed by atoms with van der Waals surface area (Å²) in [5.41, 5.74) is -1.41. The summed E-state index contributed by atoms with van der Waals surface area (Å²) in [5, 5.41) is 0. The maximum absolute atomic E-state index is 12.2. The van der Waals surface area contributed by atoms with Crippen molar-refractivity contribution < 1.29 is 28.5 Å². The third-order valence-corrected chi connectivity index (χ3v) is 3.93. The Morgan fingerprint density at radius 2 is 2.10 bits per heavy atom. The predicted octanol–water partition coefficient (Wildman–Crippen LogP) is 0.840. The van der Waals surface area contributed by atoms with E-state index in [0.717, 1.165) is 0 Å². The summed E-state index contributed by atoms with van der Waals surface area (Å²) in [7, 11) is 1.38. The highest BCUT2D eigenvalue weighted by Crippen LogP contribution is 2.40. The molecule has 0 spiro atoms. The van der Waals surface area contributed by atoms with E-state index in [-0.39, 0.29) is 6.61 Å². The van der Waals surface area contributed by atoms with Crippen LogP contribution in [0.15, 0.2) is 12.7 Å². The highest BCUT2D eigenvalue weighted by Gasteiger charge is 2.64. The molecule has 0 amide bonds. The van der Waals surface area contributed by atoms with Gasteiger partial charge in [-0.1, -0.05) is 13.0 Å². The fraction of sp³-hybridized carbons (Fsp3) is 0.714. The highest BCUT2D eigenvalue weighted by atomic mass is 16.8. The molecule has 0 bridgehead atoms. The second-order valence-corrected chi connectivity index (χ2v) is 5.54. The van der Waals surface area contributed by atoms with Crippen LogP contribution in [0.5, 0.6) is 0 Å². The van der Waals surface area contributed by atoms with E-state index in [1.54, 1.807) is 26.8 Å². The maximum atomic E-state index is 12.2. The fourth-order valence-corrected chi connectivity index (χ4v) is 2.80. The molecule has 0 saturated carbocycles. The van der Waals surface area contributed by atoms with Crippen LogP contribution in [0, 0.1) is 5.92 Å². The zero-order valence-corrected chi connectivity index (χ0v) is 12.2. The summed E-state index contributed by atoms with van der Waals surface area (Å²) in [5.74, 6) is -2.78. The zero-order valence-electron chi connectivity index (χ0n) is 12.2. The Hall–Kier alpha value is -1.24. The fourth-order valence-electron chi connectivity index (χ4n) is 2.80. The molecule has 4 atom stereocenters. The summed E-state index contributed by atoms with van der Waals surface area (Å²) in [4.78, 5) is 24.0. The molecule has 1 unspecified atom stereocenters. The maximum Gasteiger partial charge on any atom is 0.378 e. The van der Waals surface area contributed by atoms with Crippen molar-refractivity contribution in [1.82, 2.24) is 0 Å². The van der Waals surface area contributed by atoms with Crippen LogP contribution < -0.4 is 0 Å². The van der Waals surface area contributed by atoms with Crippen LogP contribution in [0.1, 0.15) is 20.8 Å². The molecule has 20 heavy (non-hydrogen) atoms. The van der Waals surface area contributed by atoms with Crippen LogP contribution >= 0.6 is 0 Å². The first-order valence-corrected chi connectivity index (χ1v) is 6.53. The van der Waals surface area contributed by atoms with Gasteiger partial charge in [0.05, 0.1) is 6.61 Å². The van der Waals surface area contributed by atoms with Crippen molar-refractivity contribution in [3.63, 3.8) is 0 Å². The lowest BCUT2D eigenvalue weighted by Crippen LogP contribution is -2.56. The number of hydrogen-bond donors (Lipinski definition) is 0. The normalized spacial score (nSPS) is 37.8. The molecule has 6 nitrogen and oxygen atoms in total. The van der Waals surface area contributed by atoms with Gasteiger partial charge in [0.25, 0.3) is 5.78 Å². The molecule has 2 saturated heterocycles. The molecular formula is C14H20O6. The molecule has 6 heteroatoms. The molecule has 0 aromatic carbocycles. The van der Waals surface area contributed by atoms with Crippen LogP contribution in [-0.2, 0) is 28.5 Å². The van der Waals surface area contributed by atoms with Gasteiger partial charge in [-0.25, -0.2) is 4.79 Å². The number of cyclic esters (lactones) is 1. The first kappa shape index (κ1) is 15.2. The Morgan fingerprint density at radius 1 is 1.45 bits per heavy atom. The third-order valence-electron chi connectivity index (χ3n) is 3.93. The summed E-state index contributed by atoms with van der Waals surface area (Å²) >= 11 is 0. The van der Waals surface area contributed by atoms with Crippen molar-refractivity contribution in [2.75, 3.05) is 13.7 Å². The van der Waals surface area contributed by atoms with Gasteiger partial charge < -0.3 is 18.9 Å². The molecule has 0 aliphatic carbocycles. The van der Waals surface area contributed by atoms with Gasteiger partial charge in [-0.15, -0.1) is 6.58 Å². The lowest BCUT2D eigenvalue weighted by atomic mass is 9.79. The van der Waals surface area contributed by atoms with E-state index >= 15 is 0 Å². The molecule has 0 aromatic rings. The molecule has 2 fully saturated rings. The minimum absolute atomic E-state index is 0.229. The molecule has 0 aromatic heterocycles. The topological polar surface area (TPSA) is 71.1 Å². The molecule has 2 heterocycles. The lowest BCUT2D eigenvalue weighted by Gasteiger charge is -2.35. The molecule has 2 aliphatic heterocycles. The molecule has 112 valence electrons. The van der Waals surface area contributed by atoms with E-state index in [1.165, 1.54) is 7.11 Å². The van der Waals surface area contributed by atoms with E-state index in [4.69, 9.17) is 18.9 Å². The molecule has 0 N–H and O–H groups in total. The summed E-state index contributed by atoms with van der Waals surface area (Å²) in [6.07, 6.45) is 0.169. The number of rotatable bonds is 4. The summed E-state index contributed by atoms with van der Waals surface area (Å²) < 4.78 is 21.8. The van der Waals surface area contributed by atoms with Gasteiger partial charge in [-0.2, -0.15) is 0 Å². The van der Waals surface area contributed by atoms with Gasteiger partial charge in [0, 0.05) is 13.0 Å². The van der Waals surface area contributed by atoms with Gasteiger partial charge >= 0.3 is 5.97 Å². The van der Waals surface area contributed by atoms with Crippen LogP contribution in [0.25, 0.3) is 0 Å². The Labute approximate surface area is 118 Å². The van der Waals surface area contributed by atoms with Gasteiger partial charge in [-0.3, -0.25) is 4.79 Å². The number of ketones is 1. The molecule has 2 rings (SSSR count). The number of carbonyl (C=O) groups excluding carboxylic acids is 2. The average molecular weight is 284 g/mol. The quantitative estimate of drug-likeness (QED) is 0.433. The summed E-state index contributed by atoms with van der Waals surface area (Å²) in [6.45, 7) is 9.18. The van der Waals surface area contributed by atoms with Gasteiger partial charge in [0.2, 0.25) is 0 Å². The largest absolute Gasteiger partial charge is 0.450 e. The first-order valence-electron chi connectivity index (χ1n) is 6.53. The minimum Gasteiger partial charge on any atom is -0.450 e. The monoisotopic (exact) mass is 284 g/mol. The Balaban J connectivity index is 2.37. The van der Waals surface area contributed by atoms with E-state index in [9.17, 15) is 9.59 Å². The third kappa shape index (κ3) is 2.08. The minimum atomic E-state index is -1.41. The van der Waals surface area contributed by atoms with Crippen molar-refractivity contribution in [2.45, 2.75) is 44.4 Å². The molecular weight excluding hydrogens is 264 g/mol. The summed E-state index contributed by atoms with van der Waals surface area (Å²) in [6, 6.07) is 0. The second kappa shape index (κ2) is 4.95. The lowest BCUT2D eigenvalue weighted by molar-refractivity contribution is -0.183.